The van der Waals surface area contributed by atoms with Crippen molar-refractivity contribution in [2.24, 2.45) is 0 Å². The average molecular weight is 238 g/mol. The molecule has 0 radical (unpaired) electrons. The van der Waals surface area contributed by atoms with Crippen molar-refractivity contribution in [2.45, 2.75) is 32.0 Å². The smallest absolute Gasteiger partial charge is 0.303 e. The number of hydrogen-bond donors (Lipinski definition) is 2. The van der Waals surface area contributed by atoms with Gasteiger partial charge in [-0.25, -0.2) is 0 Å². The molecule has 0 amide bonds. The zero-order valence-electron chi connectivity index (χ0n) is 9.93. The zero-order valence-corrected chi connectivity index (χ0v) is 9.93. The second-order valence-electron chi connectivity index (χ2n) is 4.37. The van der Waals surface area contributed by atoms with E-state index in [0.29, 0.717) is 6.61 Å². The number of carboxylic acids is 1. The SMILES string of the molecule is CC(O)(CCC(=O)O)COCc1ccccc1. The van der Waals surface area contributed by atoms with Crippen LogP contribution in [0.15, 0.2) is 30.3 Å². The molecule has 1 unspecified atom stereocenters. The first kappa shape index (κ1) is 13.7. The van der Waals surface area contributed by atoms with Crippen LogP contribution >= 0.6 is 0 Å². The van der Waals surface area contributed by atoms with Crippen LogP contribution in [0.2, 0.25) is 0 Å². The predicted molar refractivity (Wildman–Crippen MR) is 63.6 cm³/mol. The molecule has 0 aliphatic carbocycles. The highest BCUT2D eigenvalue weighted by Crippen LogP contribution is 2.13. The van der Waals surface area contributed by atoms with Gasteiger partial charge in [0.15, 0.2) is 0 Å². The molecule has 0 heterocycles. The highest BCUT2D eigenvalue weighted by atomic mass is 16.5. The van der Waals surface area contributed by atoms with Crippen LogP contribution in [0.3, 0.4) is 0 Å². The summed E-state index contributed by atoms with van der Waals surface area (Å²) in [7, 11) is 0. The van der Waals surface area contributed by atoms with Crippen molar-refractivity contribution in [3.63, 3.8) is 0 Å². The molecule has 17 heavy (non-hydrogen) atoms. The van der Waals surface area contributed by atoms with E-state index >= 15 is 0 Å². The van der Waals surface area contributed by atoms with Crippen LogP contribution in [0.25, 0.3) is 0 Å². The van der Waals surface area contributed by atoms with Gasteiger partial charge in [0, 0.05) is 6.42 Å². The number of rotatable bonds is 7. The molecule has 0 bridgehead atoms. The van der Waals surface area contributed by atoms with Crippen LogP contribution in [0.5, 0.6) is 0 Å². The topological polar surface area (TPSA) is 66.8 Å². The Labute approximate surface area is 101 Å². The van der Waals surface area contributed by atoms with Gasteiger partial charge in [-0.1, -0.05) is 30.3 Å². The van der Waals surface area contributed by atoms with Crippen LogP contribution in [0.1, 0.15) is 25.3 Å². The van der Waals surface area contributed by atoms with E-state index in [-0.39, 0.29) is 19.4 Å². The third-order valence-electron chi connectivity index (χ3n) is 2.40. The number of aliphatic hydroxyl groups is 1. The molecule has 0 aliphatic rings. The summed E-state index contributed by atoms with van der Waals surface area (Å²) in [6.07, 6.45) is 0.138. The van der Waals surface area contributed by atoms with E-state index in [2.05, 4.69) is 0 Å². The fourth-order valence-corrected chi connectivity index (χ4v) is 1.41. The molecule has 1 atom stereocenters. The van der Waals surface area contributed by atoms with E-state index in [0.717, 1.165) is 5.56 Å². The van der Waals surface area contributed by atoms with Gasteiger partial charge in [-0.05, 0) is 18.9 Å². The van der Waals surface area contributed by atoms with Crippen LogP contribution in [0, 0.1) is 0 Å². The zero-order chi connectivity index (χ0) is 12.7. The van der Waals surface area contributed by atoms with Crippen molar-refractivity contribution >= 4 is 5.97 Å². The van der Waals surface area contributed by atoms with E-state index in [9.17, 15) is 9.90 Å². The monoisotopic (exact) mass is 238 g/mol. The molecule has 1 rings (SSSR count). The summed E-state index contributed by atoms with van der Waals surface area (Å²) in [6.45, 7) is 2.14. The second-order valence-corrected chi connectivity index (χ2v) is 4.37. The minimum absolute atomic E-state index is 0.0539. The average Bonchev–Trinajstić information content (AvgIpc) is 2.28. The van der Waals surface area contributed by atoms with E-state index < -0.39 is 11.6 Å². The van der Waals surface area contributed by atoms with Crippen LogP contribution < -0.4 is 0 Å². The highest BCUT2D eigenvalue weighted by Gasteiger charge is 2.21. The number of ether oxygens (including phenoxy) is 1. The summed E-state index contributed by atoms with van der Waals surface area (Å²) in [4.78, 5) is 10.4. The normalized spacial score (nSPS) is 14.2. The van der Waals surface area contributed by atoms with Crippen LogP contribution in [0.4, 0.5) is 0 Å². The lowest BCUT2D eigenvalue weighted by Gasteiger charge is -2.22. The molecule has 4 heteroatoms. The summed E-state index contributed by atoms with van der Waals surface area (Å²) in [5.74, 6) is -0.909. The molecular formula is C13H18O4. The maximum atomic E-state index is 10.4. The third kappa shape index (κ3) is 6.04. The molecule has 0 fully saturated rings. The van der Waals surface area contributed by atoms with Gasteiger partial charge in [0.2, 0.25) is 0 Å². The Kier molecular flexibility index (Phi) is 5.12. The first-order valence-corrected chi connectivity index (χ1v) is 5.55. The molecule has 1 aromatic rings. The first-order chi connectivity index (χ1) is 7.99. The standard InChI is InChI=1S/C13H18O4/c1-13(16,8-7-12(14)15)10-17-9-11-5-3-2-4-6-11/h2-6,16H,7-10H2,1H3,(H,14,15). The molecule has 94 valence electrons. The summed E-state index contributed by atoms with van der Waals surface area (Å²) >= 11 is 0. The van der Waals surface area contributed by atoms with Crippen LogP contribution in [-0.4, -0.2) is 28.4 Å². The van der Waals surface area contributed by atoms with Gasteiger partial charge in [-0.2, -0.15) is 0 Å². The molecule has 2 N–H and O–H groups in total. The van der Waals surface area contributed by atoms with Crippen molar-refractivity contribution in [1.29, 1.82) is 0 Å². The van der Waals surface area contributed by atoms with Crippen molar-refractivity contribution in [1.82, 2.24) is 0 Å². The second kappa shape index (κ2) is 6.37. The van der Waals surface area contributed by atoms with Crippen molar-refractivity contribution < 1.29 is 19.7 Å². The van der Waals surface area contributed by atoms with E-state index in [1.165, 1.54) is 0 Å². The van der Waals surface area contributed by atoms with Gasteiger partial charge in [0.25, 0.3) is 0 Å². The first-order valence-electron chi connectivity index (χ1n) is 5.55. The lowest BCUT2D eigenvalue weighted by molar-refractivity contribution is -0.139. The summed E-state index contributed by atoms with van der Waals surface area (Å²) < 4.78 is 5.37. The minimum Gasteiger partial charge on any atom is -0.481 e. The molecule has 0 saturated carbocycles. The summed E-state index contributed by atoms with van der Waals surface area (Å²) in [6, 6.07) is 9.63. The van der Waals surface area contributed by atoms with Gasteiger partial charge in [-0.15, -0.1) is 0 Å². The van der Waals surface area contributed by atoms with E-state index in [1.807, 2.05) is 30.3 Å². The van der Waals surface area contributed by atoms with E-state index in [4.69, 9.17) is 9.84 Å². The number of benzene rings is 1. The van der Waals surface area contributed by atoms with Gasteiger partial charge >= 0.3 is 5.97 Å². The fraction of sp³-hybridized carbons (Fsp3) is 0.462. The molecule has 1 aromatic carbocycles. The Morgan fingerprint density at radius 1 is 1.35 bits per heavy atom. The largest absolute Gasteiger partial charge is 0.481 e. The quantitative estimate of drug-likeness (QED) is 0.760. The Balaban J connectivity index is 2.27. The lowest BCUT2D eigenvalue weighted by atomic mass is 10.0. The third-order valence-corrected chi connectivity index (χ3v) is 2.40. The summed E-state index contributed by atoms with van der Waals surface area (Å²) in [5.41, 5.74) is -0.0609. The van der Waals surface area contributed by atoms with Crippen LogP contribution in [-0.2, 0) is 16.1 Å². The maximum absolute atomic E-state index is 10.4. The predicted octanol–water partition coefficient (Wildman–Crippen LogP) is 1.82. The Morgan fingerprint density at radius 3 is 2.59 bits per heavy atom. The molecular weight excluding hydrogens is 220 g/mol. The number of aliphatic carboxylic acids is 1. The lowest BCUT2D eigenvalue weighted by Crippen LogP contribution is -2.31. The number of hydrogen-bond acceptors (Lipinski definition) is 3. The molecule has 0 spiro atoms. The Bertz CT molecular complexity index is 346. The van der Waals surface area contributed by atoms with Gasteiger partial charge in [0.05, 0.1) is 18.8 Å². The Morgan fingerprint density at radius 2 is 2.00 bits per heavy atom. The van der Waals surface area contributed by atoms with Gasteiger partial charge in [0.1, 0.15) is 0 Å². The van der Waals surface area contributed by atoms with Gasteiger partial charge < -0.3 is 14.9 Å². The number of carboxylic acid groups (broad SMARTS) is 1. The molecule has 0 saturated heterocycles. The minimum atomic E-state index is -1.09. The van der Waals surface area contributed by atoms with Crippen molar-refractivity contribution in [3.8, 4) is 0 Å². The van der Waals surface area contributed by atoms with Crippen molar-refractivity contribution in [3.05, 3.63) is 35.9 Å². The highest BCUT2D eigenvalue weighted by molar-refractivity contribution is 5.66. The molecule has 0 aliphatic heterocycles. The Hall–Kier alpha value is -1.39. The molecule has 4 nitrogen and oxygen atoms in total. The molecule has 0 aromatic heterocycles. The number of carbonyl (C=O) groups is 1. The summed E-state index contributed by atoms with van der Waals surface area (Å²) in [5, 5.41) is 18.4. The van der Waals surface area contributed by atoms with Gasteiger partial charge in [-0.3, -0.25) is 4.79 Å². The fourth-order valence-electron chi connectivity index (χ4n) is 1.41. The van der Waals surface area contributed by atoms with Crippen molar-refractivity contribution in [2.75, 3.05) is 6.61 Å². The van der Waals surface area contributed by atoms with E-state index in [1.54, 1.807) is 6.92 Å². The maximum Gasteiger partial charge on any atom is 0.303 e.